The Morgan fingerprint density at radius 1 is 1.03 bits per heavy atom. The van der Waals surface area contributed by atoms with E-state index in [0.717, 1.165) is 6.42 Å². The highest BCUT2D eigenvalue weighted by Gasteiger charge is 2.22. The van der Waals surface area contributed by atoms with Gasteiger partial charge in [-0.25, -0.2) is 4.79 Å². The number of amides is 3. The third kappa shape index (κ3) is 5.41. The molecule has 0 radical (unpaired) electrons. The van der Waals surface area contributed by atoms with Crippen LogP contribution in [0.5, 0.6) is 0 Å². The smallest absolute Gasteiger partial charge is 0.338 e. The highest BCUT2D eigenvalue weighted by molar-refractivity contribution is 5.99. The number of benzene rings is 2. The minimum absolute atomic E-state index is 0.0244. The fourth-order valence-electron chi connectivity index (χ4n) is 3.01. The minimum atomic E-state index is -0.652. The van der Waals surface area contributed by atoms with Crippen LogP contribution in [0.2, 0.25) is 0 Å². The monoisotopic (exact) mass is 395 g/mol. The van der Waals surface area contributed by atoms with Crippen molar-refractivity contribution in [3.63, 3.8) is 0 Å². The van der Waals surface area contributed by atoms with E-state index in [-0.39, 0.29) is 17.4 Å². The summed E-state index contributed by atoms with van der Waals surface area (Å²) in [6.07, 6.45) is 1.29. The zero-order valence-electron chi connectivity index (χ0n) is 15.9. The molecule has 2 aromatic rings. The number of anilines is 3. The van der Waals surface area contributed by atoms with Gasteiger partial charge in [0.1, 0.15) is 0 Å². The summed E-state index contributed by atoms with van der Waals surface area (Å²) in [6, 6.07) is 13.2. The molecule has 0 aliphatic carbocycles. The summed E-state index contributed by atoms with van der Waals surface area (Å²) in [5.74, 6) is -1.36. The Bertz CT molecular complexity index is 957. The number of nitrogens with zero attached hydrogens (tertiary/aromatic N) is 1. The number of hydrogen-bond acceptors (Lipinski definition) is 5. The first kappa shape index (κ1) is 20.1. The standard InChI is InChI=1S/C21H21N3O5/c1-14(25)22-16-6-3-7-17(12-16)23-19(26)13-29-21(28)15-5-2-8-18(11-15)24-10-4-9-20(24)27/h2-3,5-8,11-12H,4,9-10,13H2,1H3,(H,22,25)(H,23,26). The molecule has 0 bridgehead atoms. The van der Waals surface area contributed by atoms with Crippen molar-refractivity contribution in [3.05, 3.63) is 54.1 Å². The van der Waals surface area contributed by atoms with Gasteiger partial charge in [0.15, 0.2) is 6.61 Å². The first-order chi connectivity index (χ1) is 13.9. The summed E-state index contributed by atoms with van der Waals surface area (Å²) < 4.78 is 5.08. The lowest BCUT2D eigenvalue weighted by Gasteiger charge is -2.16. The van der Waals surface area contributed by atoms with E-state index in [9.17, 15) is 19.2 Å². The van der Waals surface area contributed by atoms with Gasteiger partial charge in [0.05, 0.1) is 5.56 Å². The van der Waals surface area contributed by atoms with Crippen molar-refractivity contribution in [2.24, 2.45) is 0 Å². The summed E-state index contributed by atoms with van der Waals surface area (Å²) in [4.78, 5) is 48.9. The Labute approximate surface area is 167 Å². The van der Waals surface area contributed by atoms with Crippen molar-refractivity contribution < 1.29 is 23.9 Å². The molecule has 1 fully saturated rings. The van der Waals surface area contributed by atoms with Gasteiger partial charge in [0, 0.05) is 37.0 Å². The quantitative estimate of drug-likeness (QED) is 0.732. The van der Waals surface area contributed by atoms with E-state index in [2.05, 4.69) is 10.6 Å². The largest absolute Gasteiger partial charge is 0.452 e. The molecule has 29 heavy (non-hydrogen) atoms. The van der Waals surface area contributed by atoms with E-state index in [1.54, 1.807) is 53.4 Å². The highest BCUT2D eigenvalue weighted by atomic mass is 16.5. The van der Waals surface area contributed by atoms with Gasteiger partial charge in [-0.1, -0.05) is 12.1 Å². The Kier molecular flexibility index (Phi) is 6.23. The molecule has 1 aliphatic heterocycles. The molecule has 0 atom stereocenters. The van der Waals surface area contributed by atoms with Crippen LogP contribution in [0.15, 0.2) is 48.5 Å². The number of carbonyl (C=O) groups excluding carboxylic acids is 4. The van der Waals surface area contributed by atoms with E-state index in [0.29, 0.717) is 30.0 Å². The molecule has 2 aromatic carbocycles. The molecule has 3 amide bonds. The van der Waals surface area contributed by atoms with Crippen LogP contribution in [0.4, 0.5) is 17.1 Å². The fraction of sp³-hybridized carbons (Fsp3) is 0.238. The van der Waals surface area contributed by atoms with E-state index in [1.807, 2.05) is 0 Å². The lowest BCUT2D eigenvalue weighted by molar-refractivity contribution is -0.119. The molecule has 3 rings (SSSR count). The highest BCUT2D eigenvalue weighted by Crippen LogP contribution is 2.22. The Hall–Kier alpha value is -3.68. The number of ether oxygens (including phenoxy) is 1. The maximum Gasteiger partial charge on any atom is 0.338 e. The van der Waals surface area contributed by atoms with Crippen molar-refractivity contribution in [1.29, 1.82) is 0 Å². The molecule has 0 spiro atoms. The van der Waals surface area contributed by atoms with Crippen LogP contribution in [0.1, 0.15) is 30.1 Å². The van der Waals surface area contributed by atoms with Gasteiger partial charge in [0.2, 0.25) is 11.8 Å². The van der Waals surface area contributed by atoms with Crippen molar-refractivity contribution in [3.8, 4) is 0 Å². The number of carbonyl (C=O) groups is 4. The zero-order valence-corrected chi connectivity index (χ0v) is 15.9. The molecule has 150 valence electrons. The molecular weight excluding hydrogens is 374 g/mol. The second kappa shape index (κ2) is 9.01. The Balaban J connectivity index is 1.56. The van der Waals surface area contributed by atoms with E-state index < -0.39 is 18.5 Å². The fourth-order valence-corrected chi connectivity index (χ4v) is 3.01. The van der Waals surface area contributed by atoms with Gasteiger partial charge in [-0.3, -0.25) is 14.4 Å². The molecule has 2 N–H and O–H groups in total. The molecule has 8 nitrogen and oxygen atoms in total. The van der Waals surface area contributed by atoms with Crippen molar-refractivity contribution in [2.45, 2.75) is 19.8 Å². The molecule has 0 saturated carbocycles. The van der Waals surface area contributed by atoms with Crippen molar-refractivity contribution >= 4 is 40.8 Å². The predicted molar refractivity (Wildman–Crippen MR) is 108 cm³/mol. The van der Waals surface area contributed by atoms with Gasteiger partial charge in [-0.15, -0.1) is 0 Å². The maximum absolute atomic E-state index is 12.3. The third-order valence-corrected chi connectivity index (χ3v) is 4.27. The second-order valence-corrected chi connectivity index (χ2v) is 6.59. The maximum atomic E-state index is 12.3. The summed E-state index contributed by atoms with van der Waals surface area (Å²) in [6.45, 7) is 1.55. The normalized spacial score (nSPS) is 13.1. The van der Waals surface area contributed by atoms with Gasteiger partial charge >= 0.3 is 5.97 Å². The third-order valence-electron chi connectivity index (χ3n) is 4.27. The van der Waals surface area contributed by atoms with E-state index >= 15 is 0 Å². The molecule has 0 aromatic heterocycles. The van der Waals surface area contributed by atoms with Crippen molar-refractivity contribution in [1.82, 2.24) is 0 Å². The molecule has 0 unspecified atom stereocenters. The predicted octanol–water partition coefficient (Wildman–Crippen LogP) is 2.57. The summed E-state index contributed by atoms with van der Waals surface area (Å²) in [5.41, 5.74) is 1.91. The topological polar surface area (TPSA) is 105 Å². The van der Waals surface area contributed by atoms with Gasteiger partial charge in [0.25, 0.3) is 5.91 Å². The Morgan fingerprint density at radius 2 is 1.76 bits per heavy atom. The molecule has 8 heteroatoms. The zero-order chi connectivity index (χ0) is 20.8. The van der Waals surface area contributed by atoms with Crippen LogP contribution >= 0.6 is 0 Å². The van der Waals surface area contributed by atoms with E-state index in [1.165, 1.54) is 6.92 Å². The minimum Gasteiger partial charge on any atom is -0.452 e. The summed E-state index contributed by atoms with van der Waals surface area (Å²) >= 11 is 0. The average molecular weight is 395 g/mol. The lowest BCUT2D eigenvalue weighted by atomic mass is 10.2. The molecular formula is C21H21N3O5. The summed E-state index contributed by atoms with van der Waals surface area (Å²) in [5, 5.41) is 5.22. The van der Waals surface area contributed by atoms with Crippen LogP contribution in [0.25, 0.3) is 0 Å². The number of esters is 1. The first-order valence-corrected chi connectivity index (χ1v) is 9.17. The lowest BCUT2D eigenvalue weighted by Crippen LogP contribution is -2.24. The van der Waals surface area contributed by atoms with Gasteiger partial charge < -0.3 is 20.3 Å². The van der Waals surface area contributed by atoms with Crippen LogP contribution < -0.4 is 15.5 Å². The summed E-state index contributed by atoms with van der Waals surface area (Å²) in [7, 11) is 0. The van der Waals surface area contributed by atoms with Crippen LogP contribution in [0.3, 0.4) is 0 Å². The number of rotatable bonds is 6. The van der Waals surface area contributed by atoms with Crippen molar-refractivity contribution in [2.75, 3.05) is 28.7 Å². The average Bonchev–Trinajstić information content (AvgIpc) is 3.12. The molecule has 1 saturated heterocycles. The van der Waals surface area contributed by atoms with Gasteiger partial charge in [-0.05, 0) is 42.8 Å². The SMILES string of the molecule is CC(=O)Nc1cccc(NC(=O)COC(=O)c2cccc(N3CCCC3=O)c2)c1. The van der Waals surface area contributed by atoms with Crippen LogP contribution in [0, 0.1) is 0 Å². The Morgan fingerprint density at radius 3 is 2.45 bits per heavy atom. The first-order valence-electron chi connectivity index (χ1n) is 9.17. The van der Waals surface area contributed by atoms with Gasteiger partial charge in [-0.2, -0.15) is 0 Å². The molecule has 1 heterocycles. The van der Waals surface area contributed by atoms with Crippen LogP contribution in [-0.4, -0.2) is 36.8 Å². The number of hydrogen-bond donors (Lipinski definition) is 2. The number of nitrogens with one attached hydrogen (secondary N) is 2. The second-order valence-electron chi connectivity index (χ2n) is 6.59. The molecule has 1 aliphatic rings. The van der Waals surface area contributed by atoms with E-state index in [4.69, 9.17) is 4.74 Å². The van der Waals surface area contributed by atoms with Crippen LogP contribution in [-0.2, 0) is 19.1 Å².